The number of halogens is 4. The maximum absolute atomic E-state index is 13.9. The number of H-pyrrole nitrogens is 1. The molecule has 0 aliphatic rings. The van der Waals surface area contributed by atoms with E-state index in [0.29, 0.717) is 11.3 Å². The van der Waals surface area contributed by atoms with Gasteiger partial charge >= 0.3 is 6.18 Å². The molecule has 40 heavy (non-hydrogen) atoms. The van der Waals surface area contributed by atoms with Crippen molar-refractivity contribution in [2.24, 2.45) is 0 Å². The molecule has 2 aromatic carbocycles. The van der Waals surface area contributed by atoms with E-state index in [-0.39, 0.29) is 34.1 Å². The number of hydrogen-bond acceptors (Lipinski definition) is 8. The predicted molar refractivity (Wildman–Crippen MR) is 134 cm³/mol. The number of alkyl halides is 3. The highest BCUT2D eigenvalue weighted by molar-refractivity contribution is 6.30. The van der Waals surface area contributed by atoms with Gasteiger partial charge in [0.25, 0.3) is 11.1 Å². The third kappa shape index (κ3) is 6.28. The van der Waals surface area contributed by atoms with Gasteiger partial charge in [0.2, 0.25) is 5.75 Å². The maximum Gasteiger partial charge on any atom is 0.437 e. The average molecular weight is 569 g/mol. The normalized spacial score (nSPS) is 11.0. The van der Waals surface area contributed by atoms with Crippen molar-refractivity contribution in [1.29, 1.82) is 10.5 Å². The monoisotopic (exact) mass is 568 g/mol. The van der Waals surface area contributed by atoms with Crippen molar-refractivity contribution >= 4 is 11.6 Å². The molecule has 4 rings (SSSR count). The van der Waals surface area contributed by atoms with Crippen LogP contribution in [0.2, 0.25) is 5.02 Å². The highest BCUT2D eigenvalue weighted by Crippen LogP contribution is 2.35. The SMILES string of the molecule is COc1ccc(Cn2nc(Cc3nc(C(F)(F)F)c(Oc4cc(Cl)cc(C#N)c4)c(=O)[nH]3)cc(C#N)c2=O)cc1. The van der Waals surface area contributed by atoms with E-state index in [1.54, 1.807) is 36.4 Å². The van der Waals surface area contributed by atoms with Crippen LogP contribution in [-0.4, -0.2) is 26.9 Å². The molecule has 2 heterocycles. The molecule has 0 spiro atoms. The Balaban J connectivity index is 1.72. The number of methoxy groups -OCH3 is 1. The van der Waals surface area contributed by atoms with Crippen LogP contribution >= 0.6 is 11.6 Å². The number of rotatable bonds is 7. The summed E-state index contributed by atoms with van der Waals surface area (Å²) in [5.41, 5.74) is -3.25. The summed E-state index contributed by atoms with van der Waals surface area (Å²) >= 11 is 5.88. The zero-order valence-electron chi connectivity index (χ0n) is 20.4. The summed E-state index contributed by atoms with van der Waals surface area (Å²) in [5, 5.41) is 22.7. The zero-order chi connectivity index (χ0) is 29.0. The summed E-state index contributed by atoms with van der Waals surface area (Å²) in [4.78, 5) is 31.1. The Morgan fingerprint density at radius 2 is 1.77 bits per heavy atom. The van der Waals surface area contributed by atoms with Gasteiger partial charge in [-0.2, -0.15) is 28.8 Å². The molecule has 0 aliphatic heterocycles. The molecule has 10 nitrogen and oxygen atoms in total. The van der Waals surface area contributed by atoms with Crippen LogP contribution in [0.4, 0.5) is 13.2 Å². The van der Waals surface area contributed by atoms with Gasteiger partial charge in [-0.15, -0.1) is 0 Å². The van der Waals surface area contributed by atoms with Crippen molar-refractivity contribution in [2.45, 2.75) is 19.1 Å². The molecule has 0 atom stereocenters. The minimum absolute atomic E-state index is 0.00111. The van der Waals surface area contributed by atoms with Crippen LogP contribution in [0.25, 0.3) is 0 Å². The number of benzene rings is 2. The Morgan fingerprint density at radius 3 is 2.40 bits per heavy atom. The van der Waals surface area contributed by atoms with Gasteiger partial charge in [0.1, 0.15) is 29.0 Å². The van der Waals surface area contributed by atoms with Gasteiger partial charge in [-0.05, 0) is 42.0 Å². The Labute approximate surface area is 228 Å². The van der Waals surface area contributed by atoms with E-state index in [9.17, 15) is 28.0 Å². The van der Waals surface area contributed by atoms with Crippen LogP contribution in [0.1, 0.15) is 33.9 Å². The summed E-state index contributed by atoms with van der Waals surface area (Å²) in [6.45, 7) is -0.0415. The molecule has 0 fully saturated rings. The van der Waals surface area contributed by atoms with Crippen LogP contribution in [0.15, 0.2) is 58.1 Å². The number of nitrogens with one attached hydrogen (secondary N) is 1. The van der Waals surface area contributed by atoms with Crippen LogP contribution < -0.4 is 20.6 Å². The molecule has 0 amide bonds. The zero-order valence-corrected chi connectivity index (χ0v) is 21.2. The van der Waals surface area contributed by atoms with Crippen LogP contribution in [0, 0.1) is 22.7 Å². The first kappa shape index (κ1) is 27.9. The topological polar surface area (TPSA) is 147 Å². The fourth-order valence-corrected chi connectivity index (χ4v) is 3.85. The van der Waals surface area contributed by atoms with E-state index >= 15 is 0 Å². The Kier molecular flexibility index (Phi) is 7.88. The fourth-order valence-electron chi connectivity index (χ4n) is 3.63. The highest BCUT2D eigenvalue weighted by atomic mass is 35.5. The van der Waals surface area contributed by atoms with Crippen molar-refractivity contribution in [1.82, 2.24) is 19.7 Å². The van der Waals surface area contributed by atoms with Crippen LogP contribution in [0.5, 0.6) is 17.2 Å². The smallest absolute Gasteiger partial charge is 0.437 e. The van der Waals surface area contributed by atoms with E-state index in [1.165, 1.54) is 13.2 Å². The molecule has 4 aromatic rings. The second kappa shape index (κ2) is 11.3. The molecule has 0 saturated carbocycles. The van der Waals surface area contributed by atoms with Gasteiger partial charge in [-0.3, -0.25) is 9.59 Å². The molecule has 2 aromatic heterocycles. The predicted octanol–water partition coefficient (Wildman–Crippen LogP) is 4.18. The summed E-state index contributed by atoms with van der Waals surface area (Å²) in [6, 6.07) is 14.8. The lowest BCUT2D eigenvalue weighted by Crippen LogP contribution is -2.27. The average Bonchev–Trinajstić information content (AvgIpc) is 2.91. The summed E-state index contributed by atoms with van der Waals surface area (Å²) in [7, 11) is 1.49. The third-order valence-corrected chi connectivity index (χ3v) is 5.62. The van der Waals surface area contributed by atoms with Gasteiger partial charge in [0.05, 0.1) is 37.4 Å². The maximum atomic E-state index is 13.9. The van der Waals surface area contributed by atoms with Gasteiger partial charge < -0.3 is 14.5 Å². The fraction of sp³-hybridized carbons (Fsp3) is 0.154. The summed E-state index contributed by atoms with van der Waals surface area (Å²) in [6.07, 6.45) is -5.56. The summed E-state index contributed by atoms with van der Waals surface area (Å²) in [5.74, 6) is -1.29. The molecule has 1 N–H and O–H groups in total. The number of aromatic amines is 1. The minimum Gasteiger partial charge on any atom is -0.497 e. The molecule has 0 unspecified atom stereocenters. The lowest BCUT2D eigenvalue weighted by molar-refractivity contribution is -0.142. The Morgan fingerprint density at radius 1 is 1.05 bits per heavy atom. The number of nitriles is 2. The van der Waals surface area contributed by atoms with Crippen molar-refractivity contribution in [2.75, 3.05) is 7.11 Å². The minimum atomic E-state index is -5.10. The van der Waals surface area contributed by atoms with Gasteiger partial charge in [0.15, 0.2) is 5.69 Å². The highest BCUT2D eigenvalue weighted by Gasteiger charge is 2.39. The first-order valence-corrected chi connectivity index (χ1v) is 11.6. The van der Waals surface area contributed by atoms with Crippen molar-refractivity contribution < 1.29 is 22.6 Å². The van der Waals surface area contributed by atoms with Crippen LogP contribution in [-0.2, 0) is 19.1 Å². The van der Waals surface area contributed by atoms with E-state index in [1.807, 2.05) is 0 Å². The molecule has 0 aliphatic carbocycles. The quantitative estimate of drug-likeness (QED) is 0.349. The van der Waals surface area contributed by atoms with E-state index < -0.39 is 41.0 Å². The molecular formula is C26H16ClF3N6O4. The Hall–Kier alpha value is -5.14. The second-order valence-corrected chi connectivity index (χ2v) is 8.66. The summed E-state index contributed by atoms with van der Waals surface area (Å²) < 4.78 is 53.0. The van der Waals surface area contributed by atoms with E-state index in [2.05, 4.69) is 15.1 Å². The number of nitrogens with zero attached hydrogens (tertiary/aromatic N) is 5. The largest absolute Gasteiger partial charge is 0.497 e. The van der Waals surface area contributed by atoms with Gasteiger partial charge in [-0.1, -0.05) is 23.7 Å². The number of aromatic nitrogens is 4. The molecule has 0 saturated heterocycles. The van der Waals surface area contributed by atoms with Gasteiger partial charge in [-0.25, -0.2) is 9.67 Å². The molecule has 0 bridgehead atoms. The first-order chi connectivity index (χ1) is 19.0. The standard InChI is InChI=1S/C26H16ClF3N6O4/c1-39-19-4-2-14(3-5-19)13-36-25(38)16(12-32)8-18(35-36)10-21-33-23(26(28,29)30)22(24(37)34-21)40-20-7-15(11-31)6-17(27)9-20/h2-9H,10,13H2,1H3,(H,33,34,37). The molecule has 14 heteroatoms. The first-order valence-electron chi connectivity index (χ1n) is 11.2. The molecule has 0 radical (unpaired) electrons. The second-order valence-electron chi connectivity index (χ2n) is 8.23. The van der Waals surface area contributed by atoms with Crippen molar-refractivity contribution in [3.63, 3.8) is 0 Å². The lowest BCUT2D eigenvalue weighted by atomic mass is 10.2. The van der Waals surface area contributed by atoms with Crippen molar-refractivity contribution in [3.05, 3.63) is 108 Å². The van der Waals surface area contributed by atoms with E-state index in [4.69, 9.17) is 26.3 Å². The van der Waals surface area contributed by atoms with E-state index in [0.717, 1.165) is 22.9 Å². The molecule has 202 valence electrons. The van der Waals surface area contributed by atoms with Gasteiger partial charge in [0, 0.05) is 5.02 Å². The van der Waals surface area contributed by atoms with Crippen LogP contribution in [0.3, 0.4) is 0 Å². The molecular weight excluding hydrogens is 553 g/mol. The third-order valence-electron chi connectivity index (χ3n) is 5.40. The number of hydrogen-bond donors (Lipinski definition) is 1. The Bertz CT molecular complexity index is 1790. The lowest BCUT2D eigenvalue weighted by Gasteiger charge is -2.14. The van der Waals surface area contributed by atoms with Crippen molar-refractivity contribution in [3.8, 4) is 29.4 Å². The number of ether oxygens (including phenoxy) is 2.